The first-order chi connectivity index (χ1) is 12.2. The maximum atomic E-state index is 5.59. The van der Waals surface area contributed by atoms with E-state index in [2.05, 4.69) is 38.2 Å². The molecule has 4 aromatic rings. The van der Waals surface area contributed by atoms with Gasteiger partial charge >= 0.3 is 0 Å². The molecule has 4 rings (SSSR count). The molecule has 0 saturated carbocycles. The number of hydrogen-bond donors (Lipinski definition) is 2. The minimum atomic E-state index is 0.475. The number of benzene rings is 1. The van der Waals surface area contributed by atoms with Crippen LogP contribution in [0.4, 0.5) is 17.5 Å². The molecule has 25 heavy (non-hydrogen) atoms. The minimum Gasteiger partial charge on any atom is -0.384 e. The van der Waals surface area contributed by atoms with Crippen LogP contribution in [0.2, 0.25) is 0 Å². The van der Waals surface area contributed by atoms with Crippen LogP contribution in [-0.2, 0) is 0 Å². The molecular weight excluding hydrogens is 312 g/mol. The molecule has 3 aromatic heterocycles. The molecule has 0 spiro atoms. The second-order valence-corrected chi connectivity index (χ2v) is 5.75. The van der Waals surface area contributed by atoms with Crippen LogP contribution >= 0.6 is 0 Å². The molecule has 6 nitrogen and oxygen atoms in total. The molecule has 0 fully saturated rings. The second kappa shape index (κ2) is 6.16. The molecule has 0 aliphatic heterocycles. The van der Waals surface area contributed by atoms with Crippen LogP contribution in [0.15, 0.2) is 61.2 Å². The van der Waals surface area contributed by atoms with Gasteiger partial charge in [-0.3, -0.25) is 4.98 Å². The van der Waals surface area contributed by atoms with Crippen molar-refractivity contribution in [3.05, 3.63) is 66.7 Å². The Bertz CT molecular complexity index is 1040. The summed E-state index contributed by atoms with van der Waals surface area (Å²) in [5, 5.41) is 4.10. The molecule has 3 N–H and O–H groups in total. The summed E-state index contributed by atoms with van der Waals surface area (Å²) in [6.45, 7) is 2.07. The van der Waals surface area contributed by atoms with Gasteiger partial charge in [-0.25, -0.2) is 15.0 Å². The van der Waals surface area contributed by atoms with Crippen molar-refractivity contribution in [3.63, 3.8) is 0 Å². The lowest BCUT2D eigenvalue weighted by Gasteiger charge is -2.08. The third-order valence-electron chi connectivity index (χ3n) is 3.97. The van der Waals surface area contributed by atoms with Crippen molar-refractivity contribution in [2.24, 2.45) is 0 Å². The van der Waals surface area contributed by atoms with Gasteiger partial charge in [-0.2, -0.15) is 0 Å². The van der Waals surface area contributed by atoms with Gasteiger partial charge < -0.3 is 11.1 Å². The van der Waals surface area contributed by atoms with Gasteiger partial charge in [-0.05, 0) is 48.4 Å². The fourth-order valence-electron chi connectivity index (χ4n) is 2.64. The molecule has 0 atom stereocenters. The molecule has 122 valence electrons. The molecule has 1 aromatic carbocycles. The summed E-state index contributed by atoms with van der Waals surface area (Å²) in [6.07, 6.45) is 7.14. The van der Waals surface area contributed by atoms with Crippen LogP contribution in [0.25, 0.3) is 22.0 Å². The van der Waals surface area contributed by atoms with E-state index < -0.39 is 0 Å². The fourth-order valence-corrected chi connectivity index (χ4v) is 2.64. The van der Waals surface area contributed by atoms with Gasteiger partial charge in [0.25, 0.3) is 0 Å². The number of pyridine rings is 2. The van der Waals surface area contributed by atoms with E-state index >= 15 is 0 Å². The summed E-state index contributed by atoms with van der Waals surface area (Å²) in [5.41, 5.74) is 10.6. The SMILES string of the molecule is Cc1ccncc1-c1ccc2nc(Nc3ccc(N)nc3)ncc2c1. The Balaban J connectivity index is 1.67. The van der Waals surface area contributed by atoms with Gasteiger partial charge in [-0.1, -0.05) is 6.07 Å². The average molecular weight is 328 g/mol. The lowest BCUT2D eigenvalue weighted by Crippen LogP contribution is -1.98. The van der Waals surface area contributed by atoms with Gasteiger partial charge in [-0.15, -0.1) is 0 Å². The van der Waals surface area contributed by atoms with Crippen molar-refractivity contribution in [2.75, 3.05) is 11.1 Å². The zero-order valence-corrected chi connectivity index (χ0v) is 13.6. The number of aryl methyl sites for hydroxylation is 1. The highest BCUT2D eigenvalue weighted by atomic mass is 15.1. The Morgan fingerprint density at radius 3 is 2.68 bits per heavy atom. The van der Waals surface area contributed by atoms with E-state index in [9.17, 15) is 0 Å². The maximum Gasteiger partial charge on any atom is 0.227 e. The maximum absolute atomic E-state index is 5.59. The second-order valence-electron chi connectivity index (χ2n) is 5.75. The normalized spacial score (nSPS) is 10.8. The number of rotatable bonds is 3. The zero-order valence-electron chi connectivity index (χ0n) is 13.6. The zero-order chi connectivity index (χ0) is 17.2. The van der Waals surface area contributed by atoms with Gasteiger partial charge in [0.05, 0.1) is 17.4 Å². The van der Waals surface area contributed by atoms with Gasteiger partial charge in [0.1, 0.15) is 5.82 Å². The molecule has 0 unspecified atom stereocenters. The van der Waals surface area contributed by atoms with Crippen LogP contribution in [0, 0.1) is 6.92 Å². The molecule has 0 amide bonds. The third-order valence-corrected chi connectivity index (χ3v) is 3.97. The Hall–Kier alpha value is -3.54. The number of hydrogen-bond acceptors (Lipinski definition) is 6. The summed E-state index contributed by atoms with van der Waals surface area (Å²) in [7, 11) is 0. The van der Waals surface area contributed by atoms with E-state index in [1.807, 2.05) is 36.7 Å². The van der Waals surface area contributed by atoms with Crippen LogP contribution in [0.5, 0.6) is 0 Å². The number of nitrogens with two attached hydrogens (primary N) is 1. The van der Waals surface area contributed by atoms with Crippen molar-refractivity contribution < 1.29 is 0 Å². The van der Waals surface area contributed by atoms with Gasteiger partial charge in [0.2, 0.25) is 5.95 Å². The Morgan fingerprint density at radius 2 is 1.88 bits per heavy atom. The highest BCUT2D eigenvalue weighted by Gasteiger charge is 2.06. The first-order valence-electron chi connectivity index (χ1n) is 7.85. The molecule has 0 saturated heterocycles. The number of anilines is 3. The lowest BCUT2D eigenvalue weighted by atomic mass is 10.0. The number of nitrogens with one attached hydrogen (secondary N) is 1. The van der Waals surface area contributed by atoms with E-state index in [-0.39, 0.29) is 0 Å². The number of aromatic nitrogens is 4. The van der Waals surface area contributed by atoms with Crippen LogP contribution in [0.3, 0.4) is 0 Å². The van der Waals surface area contributed by atoms with E-state index in [1.165, 1.54) is 5.56 Å². The molecule has 0 aliphatic carbocycles. The van der Waals surface area contributed by atoms with Gasteiger partial charge in [0, 0.05) is 29.5 Å². The monoisotopic (exact) mass is 328 g/mol. The van der Waals surface area contributed by atoms with Crippen molar-refractivity contribution in [1.29, 1.82) is 0 Å². The first kappa shape index (κ1) is 15.0. The van der Waals surface area contributed by atoms with Crippen LogP contribution < -0.4 is 11.1 Å². The Labute approximate surface area is 144 Å². The van der Waals surface area contributed by atoms with Crippen molar-refractivity contribution in [2.45, 2.75) is 6.92 Å². The standard InChI is InChI=1S/C19H16N6/c1-12-6-7-21-11-16(12)13-2-4-17-14(8-13)9-23-19(25-17)24-15-3-5-18(20)22-10-15/h2-11H,1H3,(H2,20,22)(H,23,24,25). The fraction of sp³-hybridized carbons (Fsp3) is 0.0526. The van der Waals surface area contributed by atoms with Crippen molar-refractivity contribution >= 4 is 28.4 Å². The largest absolute Gasteiger partial charge is 0.384 e. The van der Waals surface area contributed by atoms with Crippen molar-refractivity contribution in [3.8, 4) is 11.1 Å². The van der Waals surface area contributed by atoms with Crippen LogP contribution in [-0.4, -0.2) is 19.9 Å². The predicted molar refractivity (Wildman–Crippen MR) is 99.4 cm³/mol. The first-order valence-corrected chi connectivity index (χ1v) is 7.85. The van der Waals surface area contributed by atoms with Crippen molar-refractivity contribution in [1.82, 2.24) is 19.9 Å². The summed E-state index contributed by atoms with van der Waals surface area (Å²) >= 11 is 0. The summed E-state index contributed by atoms with van der Waals surface area (Å²) in [5.74, 6) is 0.993. The van der Waals surface area contributed by atoms with E-state index in [4.69, 9.17) is 5.73 Å². The molecule has 3 heterocycles. The predicted octanol–water partition coefficient (Wildman–Crippen LogP) is 3.72. The highest BCUT2D eigenvalue weighted by Crippen LogP contribution is 2.26. The quantitative estimate of drug-likeness (QED) is 0.596. The average Bonchev–Trinajstić information content (AvgIpc) is 2.64. The molecule has 0 bridgehead atoms. The van der Waals surface area contributed by atoms with E-state index in [1.54, 1.807) is 18.5 Å². The topological polar surface area (TPSA) is 89.6 Å². The number of fused-ring (bicyclic) bond motifs is 1. The molecule has 0 aliphatic rings. The number of nitrogens with zero attached hydrogens (tertiary/aromatic N) is 4. The Morgan fingerprint density at radius 1 is 0.960 bits per heavy atom. The summed E-state index contributed by atoms with van der Waals surface area (Å²) in [6, 6.07) is 11.7. The van der Waals surface area contributed by atoms with E-state index in [0.717, 1.165) is 27.7 Å². The minimum absolute atomic E-state index is 0.475. The molecule has 0 radical (unpaired) electrons. The van der Waals surface area contributed by atoms with Gasteiger partial charge in [0.15, 0.2) is 0 Å². The smallest absolute Gasteiger partial charge is 0.227 e. The highest BCUT2D eigenvalue weighted by molar-refractivity contribution is 5.85. The summed E-state index contributed by atoms with van der Waals surface area (Å²) in [4.78, 5) is 17.2. The third kappa shape index (κ3) is 3.10. The molecule has 6 heteroatoms. The van der Waals surface area contributed by atoms with E-state index in [0.29, 0.717) is 11.8 Å². The molecular formula is C19H16N6. The van der Waals surface area contributed by atoms with Crippen LogP contribution in [0.1, 0.15) is 5.56 Å². The lowest BCUT2D eigenvalue weighted by molar-refractivity contribution is 1.20. The Kier molecular flexibility index (Phi) is 3.70. The summed E-state index contributed by atoms with van der Waals surface area (Å²) < 4.78 is 0. The number of nitrogen functional groups attached to an aromatic ring is 1.